The largest absolute Gasteiger partial charge is 0.455 e. The molecule has 27 heavy (non-hydrogen) atoms. The van der Waals surface area contributed by atoms with E-state index in [2.05, 4.69) is 0 Å². The highest BCUT2D eigenvalue weighted by atomic mass is 32.2. The molecule has 0 aliphatic carbocycles. The second-order valence-electron chi connectivity index (χ2n) is 6.74. The average molecular weight is 387 g/mol. The lowest BCUT2D eigenvalue weighted by Crippen LogP contribution is -2.30. The van der Waals surface area contributed by atoms with E-state index in [9.17, 15) is 17.6 Å². The van der Waals surface area contributed by atoms with Crippen molar-refractivity contribution in [1.29, 1.82) is 0 Å². The Balaban J connectivity index is 1.96. The minimum atomic E-state index is -3.42. The number of benzene rings is 2. The summed E-state index contributed by atoms with van der Waals surface area (Å²) < 4.78 is 45.0. The fourth-order valence-electron chi connectivity index (χ4n) is 3.60. The van der Waals surface area contributed by atoms with Gasteiger partial charge in [-0.15, -0.1) is 0 Å². The number of rotatable bonds is 3. The summed E-state index contributed by atoms with van der Waals surface area (Å²) in [4.78, 5) is 11.8. The summed E-state index contributed by atoms with van der Waals surface area (Å²) in [6.07, 6.45) is 4.28. The molecule has 0 radical (unpaired) electrons. The van der Waals surface area contributed by atoms with Crippen LogP contribution in [0.25, 0.3) is 22.3 Å². The van der Waals surface area contributed by atoms with Gasteiger partial charge < -0.3 is 4.42 Å². The third-order valence-corrected chi connectivity index (χ3v) is 6.06. The van der Waals surface area contributed by atoms with Gasteiger partial charge in [-0.25, -0.2) is 12.8 Å². The number of furan rings is 1. The van der Waals surface area contributed by atoms with Crippen molar-refractivity contribution in [2.24, 2.45) is 0 Å². The Labute approximate surface area is 156 Å². The molecule has 1 aliphatic heterocycles. The number of aldehydes is 1. The third kappa shape index (κ3) is 3.12. The predicted octanol–water partition coefficient (Wildman–Crippen LogP) is 4.15. The highest BCUT2D eigenvalue weighted by Crippen LogP contribution is 2.38. The van der Waals surface area contributed by atoms with E-state index in [1.165, 1.54) is 22.7 Å². The number of nitrogens with zero attached hydrogens (tertiary/aromatic N) is 1. The molecule has 0 fully saturated rings. The number of halogens is 1. The number of hydrogen-bond donors (Lipinski definition) is 0. The molecule has 140 valence electrons. The second-order valence-corrected chi connectivity index (χ2v) is 8.65. The lowest BCUT2D eigenvalue weighted by atomic mass is 10.0. The molecule has 0 bridgehead atoms. The molecule has 2 aromatic carbocycles. The molecule has 1 aliphatic rings. The van der Waals surface area contributed by atoms with Crippen molar-refractivity contribution >= 4 is 33.0 Å². The van der Waals surface area contributed by atoms with Gasteiger partial charge in [0.05, 0.1) is 17.5 Å². The van der Waals surface area contributed by atoms with Crippen LogP contribution in [0.2, 0.25) is 0 Å². The smallest absolute Gasteiger partial charge is 0.232 e. The van der Waals surface area contributed by atoms with Gasteiger partial charge in [0, 0.05) is 23.6 Å². The topological polar surface area (TPSA) is 67.6 Å². The molecule has 5 nitrogen and oxygen atoms in total. The maximum atomic E-state index is 13.2. The molecule has 7 heteroatoms. The van der Waals surface area contributed by atoms with Gasteiger partial charge in [-0.05, 0) is 55.2 Å². The summed E-state index contributed by atoms with van der Waals surface area (Å²) >= 11 is 0. The van der Waals surface area contributed by atoms with Gasteiger partial charge in [0.2, 0.25) is 10.0 Å². The lowest BCUT2D eigenvalue weighted by molar-refractivity contribution is 0.112. The Morgan fingerprint density at radius 3 is 2.56 bits per heavy atom. The predicted molar refractivity (Wildman–Crippen MR) is 102 cm³/mol. The minimum absolute atomic E-state index is 0.353. The lowest BCUT2D eigenvalue weighted by Gasteiger charge is -2.22. The fraction of sp³-hybridized carbons (Fsp3) is 0.250. The average Bonchev–Trinajstić information content (AvgIpc) is 2.83. The summed E-state index contributed by atoms with van der Waals surface area (Å²) in [5.74, 6) is -0.0240. The molecular formula is C20H18FNO4S. The first kappa shape index (κ1) is 17.7. The van der Waals surface area contributed by atoms with Gasteiger partial charge in [0.1, 0.15) is 17.2 Å². The van der Waals surface area contributed by atoms with Crippen LogP contribution in [0.3, 0.4) is 0 Å². The van der Waals surface area contributed by atoms with Gasteiger partial charge in [-0.1, -0.05) is 0 Å². The summed E-state index contributed by atoms with van der Waals surface area (Å²) in [5.41, 5.74) is 2.88. The normalized spacial score (nSPS) is 14.8. The number of fused-ring (bicyclic) bond motifs is 2. The minimum Gasteiger partial charge on any atom is -0.455 e. The molecular weight excluding hydrogens is 369 g/mol. The van der Waals surface area contributed by atoms with Crippen LogP contribution in [0, 0.1) is 5.82 Å². The summed E-state index contributed by atoms with van der Waals surface area (Å²) in [6, 6.07) is 9.24. The number of hydrogen-bond acceptors (Lipinski definition) is 4. The number of carbonyl (C=O) groups excluding carboxylic acids is 1. The Bertz CT molecular complexity index is 1130. The molecule has 3 aromatic rings. The summed E-state index contributed by atoms with van der Waals surface area (Å²) in [5, 5.41) is 0.637. The second kappa shape index (κ2) is 6.49. The van der Waals surface area contributed by atoms with Gasteiger partial charge in [0.15, 0.2) is 6.29 Å². The van der Waals surface area contributed by atoms with Crippen LogP contribution >= 0.6 is 0 Å². The first-order chi connectivity index (χ1) is 12.9. The van der Waals surface area contributed by atoms with Crippen LogP contribution in [0.15, 0.2) is 40.8 Å². The number of anilines is 1. The van der Waals surface area contributed by atoms with Crippen LogP contribution < -0.4 is 4.31 Å². The number of carbonyl (C=O) groups is 1. The molecule has 4 rings (SSSR count). The SMILES string of the molecule is CS(=O)(=O)N1CCCCc2cc3c(C=O)c(-c4ccc(F)cc4)oc3cc21. The van der Waals surface area contributed by atoms with E-state index < -0.39 is 10.0 Å². The highest BCUT2D eigenvalue weighted by molar-refractivity contribution is 7.92. The van der Waals surface area contributed by atoms with E-state index in [4.69, 9.17) is 4.42 Å². The Hall–Kier alpha value is -2.67. The van der Waals surface area contributed by atoms with Crippen molar-refractivity contribution in [3.8, 4) is 11.3 Å². The molecule has 0 amide bonds. The Morgan fingerprint density at radius 1 is 1.15 bits per heavy atom. The van der Waals surface area contributed by atoms with Crippen LogP contribution in [0.4, 0.5) is 10.1 Å². The zero-order valence-electron chi connectivity index (χ0n) is 14.7. The molecule has 0 spiro atoms. The summed E-state index contributed by atoms with van der Waals surface area (Å²) in [6.45, 7) is 0.420. The quantitative estimate of drug-likeness (QED) is 0.633. The van der Waals surface area contributed by atoms with Crippen molar-refractivity contribution in [2.45, 2.75) is 19.3 Å². The maximum absolute atomic E-state index is 13.2. The monoisotopic (exact) mass is 387 g/mol. The maximum Gasteiger partial charge on any atom is 0.232 e. The Morgan fingerprint density at radius 2 is 1.89 bits per heavy atom. The molecule has 0 saturated carbocycles. The van der Waals surface area contributed by atoms with E-state index in [1.807, 2.05) is 6.07 Å². The summed E-state index contributed by atoms with van der Waals surface area (Å²) in [7, 11) is -3.42. The van der Waals surface area contributed by atoms with Gasteiger partial charge in [-0.2, -0.15) is 0 Å². The van der Waals surface area contributed by atoms with Crippen LogP contribution in [0.1, 0.15) is 28.8 Å². The first-order valence-corrected chi connectivity index (χ1v) is 10.5. The van der Waals surface area contributed by atoms with E-state index >= 15 is 0 Å². The van der Waals surface area contributed by atoms with Crippen LogP contribution in [0.5, 0.6) is 0 Å². The van der Waals surface area contributed by atoms with Gasteiger partial charge in [-0.3, -0.25) is 9.10 Å². The number of sulfonamides is 1. The molecule has 2 heterocycles. The molecule has 0 saturated heterocycles. The van der Waals surface area contributed by atoms with Crippen molar-refractivity contribution in [2.75, 3.05) is 17.1 Å². The third-order valence-electron chi connectivity index (χ3n) is 4.88. The van der Waals surface area contributed by atoms with E-state index in [0.717, 1.165) is 31.1 Å². The van der Waals surface area contributed by atoms with Gasteiger partial charge in [0.25, 0.3) is 0 Å². The number of aryl methyl sites for hydroxylation is 1. The van der Waals surface area contributed by atoms with Crippen molar-refractivity contribution in [3.05, 3.63) is 53.3 Å². The Kier molecular flexibility index (Phi) is 4.26. The van der Waals surface area contributed by atoms with E-state index in [1.54, 1.807) is 18.2 Å². The molecule has 0 N–H and O–H groups in total. The first-order valence-electron chi connectivity index (χ1n) is 8.67. The van der Waals surface area contributed by atoms with Gasteiger partial charge >= 0.3 is 0 Å². The van der Waals surface area contributed by atoms with E-state index in [-0.39, 0.29) is 5.82 Å². The van der Waals surface area contributed by atoms with Crippen molar-refractivity contribution in [1.82, 2.24) is 0 Å². The zero-order valence-corrected chi connectivity index (χ0v) is 15.6. The van der Waals surface area contributed by atoms with Crippen LogP contribution in [-0.4, -0.2) is 27.5 Å². The zero-order chi connectivity index (χ0) is 19.2. The highest BCUT2D eigenvalue weighted by Gasteiger charge is 2.25. The molecule has 1 aromatic heterocycles. The molecule has 0 atom stereocenters. The fourth-order valence-corrected chi connectivity index (χ4v) is 4.58. The van der Waals surface area contributed by atoms with Crippen molar-refractivity contribution in [3.63, 3.8) is 0 Å². The standard InChI is InChI=1S/C20H18FNO4S/c1-27(24,25)22-9-3-2-4-14-10-16-17(12-23)20(26-19(16)11-18(14)22)13-5-7-15(21)8-6-13/h5-8,10-12H,2-4,9H2,1H3. The van der Waals surface area contributed by atoms with E-state index in [0.29, 0.717) is 40.1 Å². The van der Waals surface area contributed by atoms with Crippen molar-refractivity contribution < 1.29 is 22.0 Å². The van der Waals surface area contributed by atoms with Crippen LogP contribution in [-0.2, 0) is 16.4 Å². The molecule has 0 unspecified atom stereocenters.